The third-order valence-electron chi connectivity index (χ3n) is 2.33. The Morgan fingerprint density at radius 2 is 2.06 bits per heavy atom. The second-order valence-corrected chi connectivity index (χ2v) is 4.25. The van der Waals surface area contributed by atoms with E-state index in [9.17, 15) is 0 Å². The van der Waals surface area contributed by atoms with Crippen LogP contribution in [0, 0.1) is 0 Å². The molecule has 1 aromatic carbocycles. The summed E-state index contributed by atoms with van der Waals surface area (Å²) in [6.07, 6.45) is 2.12. The molecule has 0 amide bonds. The van der Waals surface area contributed by atoms with Crippen LogP contribution in [0.5, 0.6) is 5.75 Å². The third kappa shape index (κ3) is 4.31. The molecule has 0 bridgehead atoms. The van der Waals surface area contributed by atoms with Gasteiger partial charge < -0.3 is 9.94 Å². The molecule has 1 rings (SSSR count). The van der Waals surface area contributed by atoms with Gasteiger partial charge in [-0.15, -0.1) is 0 Å². The van der Waals surface area contributed by atoms with Crippen LogP contribution in [-0.4, -0.2) is 17.0 Å². The first-order valence-corrected chi connectivity index (χ1v) is 5.67. The summed E-state index contributed by atoms with van der Waals surface area (Å²) in [6.45, 7) is 7.66. The van der Waals surface area contributed by atoms with Crippen molar-refractivity contribution < 1.29 is 9.94 Å². The maximum absolute atomic E-state index is 8.68. The van der Waals surface area contributed by atoms with Gasteiger partial charge in [0.05, 0.1) is 11.8 Å². The van der Waals surface area contributed by atoms with Crippen LogP contribution in [0.1, 0.15) is 33.3 Å². The van der Waals surface area contributed by atoms with E-state index in [1.807, 2.05) is 51.1 Å². The molecule has 0 heterocycles. The molecule has 0 saturated carbocycles. The standard InChI is InChI=1S/C14H19NO2/c1-10(2)17-14-7-5-6-13(9-14)8-11(3)12(4)15-16/h5-10,16H,1-4H3/b11-8-,15-12+. The van der Waals surface area contributed by atoms with Gasteiger partial charge in [0.1, 0.15) is 5.75 Å². The highest BCUT2D eigenvalue weighted by molar-refractivity contribution is 6.01. The zero-order chi connectivity index (χ0) is 12.8. The number of nitrogens with zero attached hydrogens (tertiary/aromatic N) is 1. The fourth-order valence-electron chi connectivity index (χ4n) is 1.38. The molecule has 0 saturated heterocycles. The average molecular weight is 233 g/mol. The molecule has 0 fully saturated rings. The molecule has 17 heavy (non-hydrogen) atoms. The first kappa shape index (κ1) is 13.3. The van der Waals surface area contributed by atoms with Gasteiger partial charge in [0.15, 0.2) is 0 Å². The summed E-state index contributed by atoms with van der Waals surface area (Å²) in [5, 5.41) is 11.9. The smallest absolute Gasteiger partial charge is 0.120 e. The summed E-state index contributed by atoms with van der Waals surface area (Å²) in [4.78, 5) is 0. The number of benzene rings is 1. The molecule has 0 spiro atoms. The fourth-order valence-corrected chi connectivity index (χ4v) is 1.38. The molecule has 0 unspecified atom stereocenters. The van der Waals surface area contributed by atoms with Crippen LogP contribution in [0.2, 0.25) is 0 Å². The van der Waals surface area contributed by atoms with E-state index < -0.39 is 0 Å². The Kier molecular flexibility index (Phi) is 4.76. The van der Waals surface area contributed by atoms with Gasteiger partial charge in [0, 0.05) is 0 Å². The van der Waals surface area contributed by atoms with E-state index in [4.69, 9.17) is 9.94 Å². The Balaban J connectivity index is 2.92. The number of hydrogen-bond donors (Lipinski definition) is 1. The molecule has 1 aromatic rings. The van der Waals surface area contributed by atoms with Crippen molar-refractivity contribution in [2.24, 2.45) is 5.16 Å². The SMILES string of the molecule is CC(=C/c1cccc(OC(C)C)c1)/C(C)=N/O. The van der Waals surface area contributed by atoms with Gasteiger partial charge in [-0.05, 0) is 57.0 Å². The van der Waals surface area contributed by atoms with Crippen molar-refractivity contribution in [2.75, 3.05) is 0 Å². The molecule has 1 N–H and O–H groups in total. The molecular formula is C14H19NO2. The lowest BCUT2D eigenvalue weighted by molar-refractivity contribution is 0.242. The van der Waals surface area contributed by atoms with Crippen LogP contribution in [-0.2, 0) is 0 Å². The predicted molar refractivity (Wildman–Crippen MR) is 70.8 cm³/mol. The summed E-state index contributed by atoms with van der Waals surface area (Å²) in [7, 11) is 0. The Labute approximate surface area is 102 Å². The minimum absolute atomic E-state index is 0.163. The van der Waals surface area contributed by atoms with E-state index in [2.05, 4.69) is 5.16 Å². The maximum atomic E-state index is 8.68. The van der Waals surface area contributed by atoms with Crippen molar-refractivity contribution in [1.82, 2.24) is 0 Å². The predicted octanol–water partition coefficient (Wildman–Crippen LogP) is 3.73. The number of oxime groups is 1. The highest BCUT2D eigenvalue weighted by Crippen LogP contribution is 2.17. The zero-order valence-corrected chi connectivity index (χ0v) is 10.8. The van der Waals surface area contributed by atoms with Crippen molar-refractivity contribution in [3.05, 3.63) is 35.4 Å². The van der Waals surface area contributed by atoms with Crippen LogP contribution < -0.4 is 4.74 Å². The van der Waals surface area contributed by atoms with E-state index >= 15 is 0 Å². The fraction of sp³-hybridized carbons (Fsp3) is 0.357. The van der Waals surface area contributed by atoms with Crippen LogP contribution >= 0.6 is 0 Å². The maximum Gasteiger partial charge on any atom is 0.120 e. The summed E-state index contributed by atoms with van der Waals surface area (Å²) in [6, 6.07) is 7.83. The van der Waals surface area contributed by atoms with Crippen LogP contribution in [0.4, 0.5) is 0 Å². The van der Waals surface area contributed by atoms with Crippen molar-refractivity contribution in [2.45, 2.75) is 33.8 Å². The molecule has 0 aliphatic rings. The van der Waals surface area contributed by atoms with Crippen LogP contribution in [0.25, 0.3) is 6.08 Å². The third-order valence-corrected chi connectivity index (χ3v) is 2.33. The Morgan fingerprint density at radius 3 is 2.65 bits per heavy atom. The van der Waals surface area contributed by atoms with Gasteiger partial charge in [-0.1, -0.05) is 17.3 Å². The Hall–Kier alpha value is -1.77. The minimum Gasteiger partial charge on any atom is -0.491 e. The van der Waals surface area contributed by atoms with E-state index in [-0.39, 0.29) is 6.10 Å². The molecule has 3 heteroatoms. The number of allylic oxidation sites excluding steroid dienone is 1. The average Bonchev–Trinajstić information content (AvgIpc) is 2.27. The lowest BCUT2D eigenvalue weighted by Crippen LogP contribution is -2.05. The highest BCUT2D eigenvalue weighted by Gasteiger charge is 2.00. The largest absolute Gasteiger partial charge is 0.491 e. The molecule has 92 valence electrons. The van der Waals surface area contributed by atoms with Gasteiger partial charge >= 0.3 is 0 Å². The summed E-state index contributed by atoms with van der Waals surface area (Å²) < 4.78 is 5.61. The minimum atomic E-state index is 0.163. The zero-order valence-electron chi connectivity index (χ0n) is 10.8. The quantitative estimate of drug-likeness (QED) is 0.489. The number of rotatable bonds is 4. The highest BCUT2D eigenvalue weighted by atomic mass is 16.5. The first-order valence-electron chi connectivity index (χ1n) is 5.67. The van der Waals surface area contributed by atoms with Gasteiger partial charge in [-0.25, -0.2) is 0 Å². The molecule has 0 atom stereocenters. The Morgan fingerprint density at radius 1 is 1.35 bits per heavy atom. The van der Waals surface area contributed by atoms with Gasteiger partial charge in [-0.2, -0.15) is 0 Å². The monoisotopic (exact) mass is 233 g/mol. The molecule has 0 aromatic heterocycles. The normalized spacial score (nSPS) is 13.0. The molecule has 3 nitrogen and oxygen atoms in total. The van der Waals surface area contributed by atoms with E-state index in [0.717, 1.165) is 16.9 Å². The summed E-state index contributed by atoms with van der Waals surface area (Å²) in [5.74, 6) is 0.847. The number of hydrogen-bond acceptors (Lipinski definition) is 3. The molecule has 0 radical (unpaired) electrons. The number of ether oxygens (including phenoxy) is 1. The topological polar surface area (TPSA) is 41.8 Å². The summed E-state index contributed by atoms with van der Waals surface area (Å²) >= 11 is 0. The van der Waals surface area contributed by atoms with Gasteiger partial charge in [0.25, 0.3) is 0 Å². The van der Waals surface area contributed by atoms with Gasteiger partial charge in [0.2, 0.25) is 0 Å². The van der Waals surface area contributed by atoms with E-state index in [1.165, 1.54) is 0 Å². The van der Waals surface area contributed by atoms with Crippen molar-refractivity contribution in [3.63, 3.8) is 0 Å². The second-order valence-electron chi connectivity index (χ2n) is 4.25. The lowest BCUT2D eigenvalue weighted by Gasteiger charge is -2.10. The van der Waals surface area contributed by atoms with E-state index in [0.29, 0.717) is 5.71 Å². The summed E-state index contributed by atoms with van der Waals surface area (Å²) in [5.41, 5.74) is 2.57. The second kappa shape index (κ2) is 6.09. The van der Waals surface area contributed by atoms with Crippen molar-refractivity contribution in [3.8, 4) is 5.75 Å². The Bertz CT molecular complexity index is 434. The molecule has 0 aliphatic carbocycles. The molecular weight excluding hydrogens is 214 g/mol. The first-order chi connectivity index (χ1) is 8.02. The lowest BCUT2D eigenvalue weighted by atomic mass is 10.1. The van der Waals surface area contributed by atoms with Crippen LogP contribution in [0.3, 0.4) is 0 Å². The van der Waals surface area contributed by atoms with Crippen molar-refractivity contribution in [1.29, 1.82) is 0 Å². The van der Waals surface area contributed by atoms with Crippen LogP contribution in [0.15, 0.2) is 35.0 Å². The van der Waals surface area contributed by atoms with Gasteiger partial charge in [-0.3, -0.25) is 0 Å². The van der Waals surface area contributed by atoms with E-state index in [1.54, 1.807) is 6.92 Å². The van der Waals surface area contributed by atoms with Crippen molar-refractivity contribution >= 4 is 11.8 Å². The molecule has 0 aliphatic heterocycles.